The van der Waals surface area contributed by atoms with Gasteiger partial charge in [0.05, 0.1) is 5.60 Å². The summed E-state index contributed by atoms with van der Waals surface area (Å²) in [6.45, 7) is 6.94. The summed E-state index contributed by atoms with van der Waals surface area (Å²) < 4.78 is 11.7. The van der Waals surface area contributed by atoms with E-state index in [0.717, 1.165) is 45.5 Å². The van der Waals surface area contributed by atoms with Crippen LogP contribution in [-0.2, 0) is 20.8 Å². The highest BCUT2D eigenvalue weighted by atomic mass is 16.5. The Labute approximate surface area is 157 Å². The Balaban J connectivity index is 1.39. The lowest BCUT2D eigenvalue weighted by Gasteiger charge is -2.53. The highest BCUT2D eigenvalue weighted by molar-refractivity contribution is 5.76. The molecule has 26 heavy (non-hydrogen) atoms. The van der Waals surface area contributed by atoms with Crippen LogP contribution in [0.4, 0.5) is 0 Å². The van der Waals surface area contributed by atoms with Crippen LogP contribution in [0.25, 0.3) is 0 Å². The molecule has 2 fully saturated rings. The average molecular weight is 360 g/mol. The van der Waals surface area contributed by atoms with Crippen molar-refractivity contribution in [1.82, 2.24) is 9.80 Å². The van der Waals surface area contributed by atoms with Crippen molar-refractivity contribution in [2.24, 2.45) is 5.92 Å². The lowest BCUT2D eigenvalue weighted by molar-refractivity contribution is -0.182. The van der Waals surface area contributed by atoms with E-state index in [1.807, 2.05) is 0 Å². The number of carbonyl (C=O) groups excluding carboxylic acids is 1. The molecule has 5 heteroatoms. The predicted octanol–water partition coefficient (Wildman–Crippen LogP) is 2.47. The van der Waals surface area contributed by atoms with Crippen LogP contribution in [0.15, 0.2) is 24.3 Å². The molecular formula is C21H32N2O3. The molecule has 2 aliphatic heterocycles. The summed E-state index contributed by atoms with van der Waals surface area (Å²) in [7, 11) is 3.51. The zero-order chi connectivity index (χ0) is 18.6. The highest BCUT2D eigenvalue weighted by Gasteiger charge is 2.47. The summed E-state index contributed by atoms with van der Waals surface area (Å²) in [6.07, 6.45) is 3.23. The number of ether oxygens (including phenoxy) is 2. The molecule has 0 saturated carbocycles. The number of carbonyl (C=O) groups is 1. The summed E-state index contributed by atoms with van der Waals surface area (Å²) in [5.74, 6) is 0.665. The SMILES string of the molecule is Cc1ccccc1CN1CC2(C[C@@H](CCOCC(=O)N(C)C)CCO2)C1. The maximum atomic E-state index is 11.5. The van der Waals surface area contributed by atoms with Gasteiger partial charge in [-0.25, -0.2) is 0 Å². The minimum atomic E-state index is 0.0271. The van der Waals surface area contributed by atoms with E-state index >= 15 is 0 Å². The van der Waals surface area contributed by atoms with Gasteiger partial charge in [0.2, 0.25) is 5.91 Å². The summed E-state index contributed by atoms with van der Waals surface area (Å²) in [6, 6.07) is 8.61. The van der Waals surface area contributed by atoms with E-state index in [1.165, 1.54) is 11.1 Å². The number of likely N-dealkylation sites (N-methyl/N-ethyl adjacent to an activating group) is 1. The normalized spacial score (nSPS) is 22.2. The van der Waals surface area contributed by atoms with E-state index in [0.29, 0.717) is 12.5 Å². The number of hydrogen-bond acceptors (Lipinski definition) is 4. The highest BCUT2D eigenvalue weighted by Crippen LogP contribution is 2.38. The molecular weight excluding hydrogens is 328 g/mol. The fraction of sp³-hybridized carbons (Fsp3) is 0.667. The van der Waals surface area contributed by atoms with Crippen LogP contribution in [0.1, 0.15) is 30.4 Å². The van der Waals surface area contributed by atoms with Crippen LogP contribution in [0.3, 0.4) is 0 Å². The van der Waals surface area contributed by atoms with Crippen LogP contribution in [-0.4, -0.2) is 68.3 Å². The minimum Gasteiger partial charge on any atom is -0.372 e. The molecule has 3 rings (SSSR count). The maximum Gasteiger partial charge on any atom is 0.248 e. The zero-order valence-electron chi connectivity index (χ0n) is 16.4. The first-order valence-electron chi connectivity index (χ1n) is 9.66. The Morgan fingerprint density at radius 1 is 1.35 bits per heavy atom. The summed E-state index contributed by atoms with van der Waals surface area (Å²) in [5.41, 5.74) is 2.82. The first kappa shape index (κ1) is 19.3. The predicted molar refractivity (Wildman–Crippen MR) is 102 cm³/mol. The van der Waals surface area contributed by atoms with Gasteiger partial charge in [-0.3, -0.25) is 9.69 Å². The number of hydrogen-bond donors (Lipinski definition) is 0. The van der Waals surface area contributed by atoms with E-state index in [1.54, 1.807) is 19.0 Å². The topological polar surface area (TPSA) is 42.0 Å². The molecule has 2 aliphatic rings. The molecule has 1 amide bonds. The third-order valence-corrected chi connectivity index (χ3v) is 5.67. The molecule has 0 radical (unpaired) electrons. The van der Waals surface area contributed by atoms with Crippen molar-refractivity contribution in [3.8, 4) is 0 Å². The third kappa shape index (κ3) is 4.84. The van der Waals surface area contributed by atoms with Crippen molar-refractivity contribution < 1.29 is 14.3 Å². The molecule has 1 spiro atoms. The largest absolute Gasteiger partial charge is 0.372 e. The second kappa shape index (κ2) is 8.51. The Kier molecular flexibility index (Phi) is 6.33. The second-order valence-corrected chi connectivity index (χ2v) is 8.09. The molecule has 0 unspecified atom stereocenters. The minimum absolute atomic E-state index is 0.0271. The van der Waals surface area contributed by atoms with Gasteiger partial charge in [0.15, 0.2) is 0 Å². The van der Waals surface area contributed by atoms with Crippen molar-refractivity contribution >= 4 is 5.91 Å². The van der Waals surface area contributed by atoms with Gasteiger partial charge in [-0.1, -0.05) is 24.3 Å². The van der Waals surface area contributed by atoms with Crippen molar-refractivity contribution in [1.29, 1.82) is 0 Å². The molecule has 2 heterocycles. The molecule has 0 aromatic heterocycles. The molecule has 5 nitrogen and oxygen atoms in total. The van der Waals surface area contributed by atoms with Crippen LogP contribution in [0.5, 0.6) is 0 Å². The standard InChI is InChI=1S/C21H32N2O3/c1-17-6-4-5-7-19(17)13-23-15-21(16-23)12-18(9-11-26-21)8-10-25-14-20(24)22(2)3/h4-7,18H,8-16H2,1-3H3/t18-/m0/s1. The molecule has 0 bridgehead atoms. The summed E-state index contributed by atoms with van der Waals surface area (Å²) in [5, 5.41) is 0. The first-order valence-corrected chi connectivity index (χ1v) is 9.66. The molecule has 144 valence electrons. The van der Waals surface area contributed by atoms with Gasteiger partial charge in [-0.05, 0) is 43.2 Å². The zero-order valence-corrected chi connectivity index (χ0v) is 16.4. The van der Waals surface area contributed by atoms with Crippen LogP contribution < -0.4 is 0 Å². The van der Waals surface area contributed by atoms with E-state index in [2.05, 4.69) is 36.1 Å². The Hall–Kier alpha value is -1.43. The van der Waals surface area contributed by atoms with E-state index in [-0.39, 0.29) is 18.1 Å². The van der Waals surface area contributed by atoms with Crippen molar-refractivity contribution in [2.75, 3.05) is 47.0 Å². The van der Waals surface area contributed by atoms with Crippen LogP contribution in [0, 0.1) is 12.8 Å². The van der Waals surface area contributed by atoms with Crippen molar-refractivity contribution in [3.63, 3.8) is 0 Å². The number of rotatable bonds is 7. The number of nitrogens with zero attached hydrogens (tertiary/aromatic N) is 2. The smallest absolute Gasteiger partial charge is 0.248 e. The van der Waals surface area contributed by atoms with Crippen LogP contribution >= 0.6 is 0 Å². The van der Waals surface area contributed by atoms with E-state index in [9.17, 15) is 4.79 Å². The Morgan fingerprint density at radius 2 is 2.12 bits per heavy atom. The van der Waals surface area contributed by atoms with Gasteiger partial charge in [0, 0.05) is 46.9 Å². The van der Waals surface area contributed by atoms with Gasteiger partial charge < -0.3 is 14.4 Å². The first-order chi connectivity index (χ1) is 12.5. The van der Waals surface area contributed by atoms with E-state index < -0.39 is 0 Å². The number of likely N-dealkylation sites (tertiary alicyclic amines) is 1. The van der Waals surface area contributed by atoms with Gasteiger partial charge in [0.1, 0.15) is 6.61 Å². The molecule has 1 aromatic carbocycles. The number of benzene rings is 1. The van der Waals surface area contributed by atoms with E-state index in [4.69, 9.17) is 9.47 Å². The fourth-order valence-electron chi connectivity index (χ4n) is 4.04. The third-order valence-electron chi connectivity index (χ3n) is 5.67. The second-order valence-electron chi connectivity index (χ2n) is 8.09. The quantitative estimate of drug-likeness (QED) is 0.701. The molecule has 1 atom stereocenters. The van der Waals surface area contributed by atoms with Gasteiger partial charge in [-0.15, -0.1) is 0 Å². The van der Waals surface area contributed by atoms with Crippen molar-refractivity contribution in [3.05, 3.63) is 35.4 Å². The van der Waals surface area contributed by atoms with Gasteiger partial charge in [0.25, 0.3) is 0 Å². The number of aryl methyl sites for hydroxylation is 1. The molecule has 1 aromatic rings. The lowest BCUT2D eigenvalue weighted by atomic mass is 9.79. The van der Waals surface area contributed by atoms with Gasteiger partial charge in [-0.2, -0.15) is 0 Å². The average Bonchev–Trinajstić information content (AvgIpc) is 2.59. The summed E-state index contributed by atoms with van der Waals surface area (Å²) in [4.78, 5) is 15.6. The monoisotopic (exact) mass is 360 g/mol. The van der Waals surface area contributed by atoms with Crippen LogP contribution in [0.2, 0.25) is 0 Å². The summed E-state index contributed by atoms with van der Waals surface area (Å²) >= 11 is 0. The lowest BCUT2D eigenvalue weighted by Crippen LogP contribution is -2.64. The molecule has 0 aliphatic carbocycles. The van der Waals surface area contributed by atoms with Gasteiger partial charge >= 0.3 is 0 Å². The number of amides is 1. The van der Waals surface area contributed by atoms with Crippen molar-refractivity contribution in [2.45, 2.75) is 38.3 Å². The Bertz CT molecular complexity index is 611. The molecule has 2 saturated heterocycles. The molecule has 0 N–H and O–H groups in total. The maximum absolute atomic E-state index is 11.5. The fourth-order valence-corrected chi connectivity index (χ4v) is 4.04. The Morgan fingerprint density at radius 3 is 2.85 bits per heavy atom.